The number of carbonyl (C=O) groups is 3. The summed E-state index contributed by atoms with van der Waals surface area (Å²) in [6.45, 7) is 0. The minimum Gasteiger partial charge on any atom is -0.493 e. The molecule has 0 unspecified atom stereocenters. The van der Waals surface area contributed by atoms with Gasteiger partial charge in [0.25, 0.3) is 11.1 Å². The first-order valence-corrected chi connectivity index (χ1v) is 8.08. The van der Waals surface area contributed by atoms with Crippen LogP contribution in [0.15, 0.2) is 53.4 Å². The molecule has 0 radical (unpaired) electrons. The molecule has 1 fully saturated rings. The van der Waals surface area contributed by atoms with Gasteiger partial charge in [0.15, 0.2) is 11.5 Å². The molecule has 1 heterocycles. The summed E-state index contributed by atoms with van der Waals surface area (Å²) >= 11 is 0.829. The predicted octanol–water partition coefficient (Wildman–Crippen LogP) is 3.24. The Morgan fingerprint density at radius 1 is 1.08 bits per heavy atom. The van der Waals surface area contributed by atoms with Crippen molar-refractivity contribution in [3.8, 4) is 11.5 Å². The van der Waals surface area contributed by atoms with Crippen LogP contribution in [0.1, 0.15) is 15.9 Å². The molecule has 1 N–H and O–H groups in total. The number of hydrogen-bond acceptors (Lipinski definition) is 6. The lowest BCUT2D eigenvalue weighted by atomic mass is 10.2. The number of methoxy groups -OCH3 is 1. The van der Waals surface area contributed by atoms with Crippen molar-refractivity contribution < 1.29 is 23.9 Å². The molecule has 7 heteroatoms. The molecule has 1 saturated heterocycles. The maximum atomic E-state index is 12.1. The number of amides is 2. The summed E-state index contributed by atoms with van der Waals surface area (Å²) in [4.78, 5) is 35.2. The fourth-order valence-corrected chi connectivity index (χ4v) is 2.85. The molecule has 3 rings (SSSR count). The highest BCUT2D eigenvalue weighted by atomic mass is 32.2. The number of thioether (sulfide) groups is 1. The monoisotopic (exact) mass is 355 g/mol. The first kappa shape index (κ1) is 16.8. The van der Waals surface area contributed by atoms with E-state index < -0.39 is 17.1 Å². The molecule has 0 spiro atoms. The van der Waals surface area contributed by atoms with E-state index in [0.717, 1.165) is 11.8 Å². The van der Waals surface area contributed by atoms with Gasteiger partial charge < -0.3 is 9.47 Å². The van der Waals surface area contributed by atoms with E-state index in [1.165, 1.54) is 7.11 Å². The summed E-state index contributed by atoms with van der Waals surface area (Å²) in [5.74, 6) is -0.332. The molecular formula is C18H13NO5S. The molecule has 1 aliphatic rings. The summed E-state index contributed by atoms with van der Waals surface area (Å²) in [5.41, 5.74) is 1.07. The minimum atomic E-state index is -0.499. The molecule has 0 saturated carbocycles. The van der Waals surface area contributed by atoms with Crippen molar-refractivity contribution in [2.24, 2.45) is 0 Å². The summed E-state index contributed by atoms with van der Waals surface area (Å²) in [6.07, 6.45) is 1.57. The highest BCUT2D eigenvalue weighted by Crippen LogP contribution is 2.32. The second-order valence-corrected chi connectivity index (χ2v) is 6.03. The first-order chi connectivity index (χ1) is 12.1. The zero-order valence-electron chi connectivity index (χ0n) is 13.1. The standard InChI is InChI=1S/C18H13NO5S/c1-23-14-9-11(10-15-16(20)19-18(22)25-15)7-8-13(14)24-17(21)12-5-3-2-4-6-12/h2-10H,1H3,(H,19,20,22)/b15-10-. The first-order valence-electron chi connectivity index (χ1n) is 7.27. The van der Waals surface area contributed by atoms with Crippen molar-refractivity contribution in [3.63, 3.8) is 0 Å². The van der Waals surface area contributed by atoms with Crippen molar-refractivity contribution in [2.75, 3.05) is 7.11 Å². The lowest BCUT2D eigenvalue weighted by Gasteiger charge is -2.10. The molecular weight excluding hydrogens is 342 g/mol. The van der Waals surface area contributed by atoms with E-state index in [2.05, 4.69) is 5.32 Å². The number of carbonyl (C=O) groups excluding carboxylic acids is 3. The fraction of sp³-hybridized carbons (Fsp3) is 0.0556. The van der Waals surface area contributed by atoms with Crippen molar-refractivity contribution in [1.29, 1.82) is 0 Å². The van der Waals surface area contributed by atoms with Crippen LogP contribution in [0.2, 0.25) is 0 Å². The number of imide groups is 1. The quantitative estimate of drug-likeness (QED) is 0.515. The lowest BCUT2D eigenvalue weighted by molar-refractivity contribution is -0.115. The second-order valence-electron chi connectivity index (χ2n) is 5.02. The Labute approximate surface area is 147 Å². The van der Waals surface area contributed by atoms with Crippen LogP contribution in [0.4, 0.5) is 4.79 Å². The van der Waals surface area contributed by atoms with E-state index in [9.17, 15) is 14.4 Å². The van der Waals surface area contributed by atoms with Gasteiger partial charge in [-0.15, -0.1) is 0 Å². The van der Waals surface area contributed by atoms with Crippen LogP contribution in [0.3, 0.4) is 0 Å². The van der Waals surface area contributed by atoms with Crippen LogP contribution in [-0.4, -0.2) is 24.2 Å². The average molecular weight is 355 g/mol. The smallest absolute Gasteiger partial charge is 0.343 e. The van der Waals surface area contributed by atoms with Crippen molar-refractivity contribution in [1.82, 2.24) is 5.32 Å². The Morgan fingerprint density at radius 3 is 2.48 bits per heavy atom. The topological polar surface area (TPSA) is 81.7 Å². The van der Waals surface area contributed by atoms with Gasteiger partial charge in [0.2, 0.25) is 0 Å². The molecule has 0 aromatic heterocycles. The second kappa shape index (κ2) is 7.23. The third-order valence-corrected chi connectivity index (χ3v) is 4.15. The summed E-state index contributed by atoms with van der Waals surface area (Å²) < 4.78 is 10.6. The molecule has 0 aliphatic carbocycles. The van der Waals surface area contributed by atoms with Crippen LogP contribution < -0.4 is 14.8 Å². The van der Waals surface area contributed by atoms with Crippen LogP contribution in [0, 0.1) is 0 Å². The molecule has 2 amide bonds. The number of rotatable bonds is 4. The van der Waals surface area contributed by atoms with Crippen molar-refractivity contribution in [3.05, 3.63) is 64.6 Å². The van der Waals surface area contributed by atoms with E-state index in [-0.39, 0.29) is 5.75 Å². The molecule has 0 bridgehead atoms. The van der Waals surface area contributed by atoms with Gasteiger partial charge in [-0.1, -0.05) is 24.3 Å². The Bertz CT molecular complexity index is 876. The molecule has 25 heavy (non-hydrogen) atoms. The lowest BCUT2D eigenvalue weighted by Crippen LogP contribution is -2.17. The molecule has 0 atom stereocenters. The summed E-state index contributed by atoms with van der Waals surface area (Å²) in [6, 6.07) is 13.5. The average Bonchev–Trinajstić information content (AvgIpc) is 2.94. The van der Waals surface area contributed by atoms with E-state index in [1.807, 2.05) is 6.07 Å². The van der Waals surface area contributed by atoms with Crippen molar-refractivity contribution >= 4 is 35.0 Å². The number of esters is 1. The molecule has 1 aliphatic heterocycles. The Morgan fingerprint density at radius 2 is 1.84 bits per heavy atom. The Balaban J connectivity index is 1.83. The largest absolute Gasteiger partial charge is 0.493 e. The van der Waals surface area contributed by atoms with Gasteiger partial charge in [0, 0.05) is 0 Å². The molecule has 2 aromatic rings. The van der Waals surface area contributed by atoms with Crippen molar-refractivity contribution in [2.45, 2.75) is 0 Å². The molecule has 6 nitrogen and oxygen atoms in total. The van der Waals surface area contributed by atoms with Gasteiger partial charge in [0.05, 0.1) is 17.6 Å². The number of benzene rings is 2. The highest BCUT2D eigenvalue weighted by Gasteiger charge is 2.25. The maximum absolute atomic E-state index is 12.1. The van der Waals surface area contributed by atoms with Gasteiger partial charge >= 0.3 is 5.97 Å². The van der Waals surface area contributed by atoms with Crippen LogP contribution in [-0.2, 0) is 4.79 Å². The molecule has 2 aromatic carbocycles. The van der Waals surface area contributed by atoms with E-state index in [1.54, 1.807) is 48.5 Å². The predicted molar refractivity (Wildman–Crippen MR) is 93.5 cm³/mol. The van der Waals surface area contributed by atoms with Crippen LogP contribution in [0.25, 0.3) is 6.08 Å². The normalized spacial score (nSPS) is 15.2. The van der Waals surface area contributed by atoms with E-state index >= 15 is 0 Å². The fourth-order valence-electron chi connectivity index (χ4n) is 2.16. The highest BCUT2D eigenvalue weighted by molar-refractivity contribution is 8.18. The zero-order valence-corrected chi connectivity index (χ0v) is 14.0. The summed E-state index contributed by atoms with van der Waals surface area (Å²) in [7, 11) is 1.45. The molecule has 126 valence electrons. The van der Waals surface area contributed by atoms with Gasteiger partial charge in [-0.2, -0.15) is 0 Å². The SMILES string of the molecule is COc1cc(/C=C2\SC(=O)NC2=O)ccc1OC(=O)c1ccccc1. The Hall–Kier alpha value is -3.06. The summed E-state index contributed by atoms with van der Waals surface area (Å²) in [5, 5.41) is 1.78. The number of nitrogens with one attached hydrogen (secondary N) is 1. The van der Waals surface area contributed by atoms with Crippen LogP contribution >= 0.6 is 11.8 Å². The van der Waals surface area contributed by atoms with Gasteiger partial charge in [-0.3, -0.25) is 14.9 Å². The van der Waals surface area contributed by atoms with Crippen LogP contribution in [0.5, 0.6) is 11.5 Å². The maximum Gasteiger partial charge on any atom is 0.343 e. The third-order valence-electron chi connectivity index (χ3n) is 3.34. The van der Waals surface area contributed by atoms with E-state index in [4.69, 9.17) is 9.47 Å². The zero-order chi connectivity index (χ0) is 17.8. The van der Waals surface area contributed by atoms with Gasteiger partial charge in [-0.25, -0.2) is 4.79 Å². The number of ether oxygens (including phenoxy) is 2. The van der Waals surface area contributed by atoms with Gasteiger partial charge in [0.1, 0.15) is 0 Å². The number of hydrogen-bond donors (Lipinski definition) is 1. The third kappa shape index (κ3) is 3.89. The van der Waals surface area contributed by atoms with Gasteiger partial charge in [-0.05, 0) is 47.7 Å². The minimum absolute atomic E-state index is 0.262. The Kier molecular flexibility index (Phi) is 4.85. The van der Waals surface area contributed by atoms with E-state index in [0.29, 0.717) is 21.8 Å².